The molecule has 4 atom stereocenters. The first-order chi connectivity index (χ1) is 11.9. The lowest BCUT2D eigenvalue weighted by Crippen LogP contribution is -2.49. The van der Waals surface area contributed by atoms with Gasteiger partial charge in [-0.3, -0.25) is 9.59 Å². The molecule has 2 saturated carbocycles. The molecule has 0 heterocycles. The van der Waals surface area contributed by atoms with Crippen LogP contribution in [0.25, 0.3) is 0 Å². The number of amides is 2. The number of hydrogen-bond donors (Lipinski definition) is 2. The number of hydrogen-bond acceptors (Lipinski definition) is 3. The highest BCUT2D eigenvalue weighted by molar-refractivity contribution is 6.39. The van der Waals surface area contributed by atoms with E-state index in [0.717, 1.165) is 19.3 Å². The summed E-state index contributed by atoms with van der Waals surface area (Å²) >= 11 is 12.2. The van der Waals surface area contributed by atoms with Crippen LogP contribution in [0.1, 0.15) is 26.2 Å². The number of anilines is 1. The Bertz CT molecular complexity index is 660. The molecule has 2 aliphatic carbocycles. The molecular weight excluding hydrogens is 361 g/mol. The Kier molecular flexibility index (Phi) is 5.56. The highest BCUT2D eigenvalue weighted by Gasteiger charge is 2.50. The van der Waals surface area contributed by atoms with E-state index < -0.39 is 0 Å². The molecule has 2 amide bonds. The lowest BCUT2D eigenvalue weighted by Gasteiger charge is -2.32. The number of carbonyl (C=O) groups is 2. The van der Waals surface area contributed by atoms with Crippen molar-refractivity contribution in [3.8, 4) is 0 Å². The fraction of sp³-hybridized carbons (Fsp3) is 0.556. The van der Waals surface area contributed by atoms with Crippen LogP contribution >= 0.6 is 23.2 Å². The maximum absolute atomic E-state index is 12.9. The van der Waals surface area contributed by atoms with Gasteiger partial charge in [-0.25, -0.2) is 0 Å². The number of nitrogens with zero attached hydrogens (tertiary/aromatic N) is 1. The van der Waals surface area contributed by atoms with Crippen molar-refractivity contribution < 1.29 is 9.59 Å². The predicted octanol–water partition coefficient (Wildman–Crippen LogP) is 3.15. The number of fused-ring (bicyclic) bond motifs is 2. The molecule has 2 aliphatic rings. The molecule has 2 fully saturated rings. The number of nitrogens with two attached hydrogens (primary N) is 1. The van der Waals surface area contributed by atoms with Crippen LogP contribution in [0.2, 0.25) is 10.0 Å². The Morgan fingerprint density at radius 1 is 1.24 bits per heavy atom. The minimum atomic E-state index is -0.318. The second-order valence-electron chi connectivity index (χ2n) is 6.93. The second kappa shape index (κ2) is 7.52. The highest BCUT2D eigenvalue weighted by atomic mass is 35.5. The van der Waals surface area contributed by atoms with Crippen LogP contribution in [0.15, 0.2) is 18.2 Å². The van der Waals surface area contributed by atoms with Crippen LogP contribution < -0.4 is 11.1 Å². The van der Waals surface area contributed by atoms with Gasteiger partial charge in [0, 0.05) is 12.6 Å². The highest BCUT2D eigenvalue weighted by Crippen LogP contribution is 2.48. The quantitative estimate of drug-likeness (QED) is 0.819. The standard InChI is InChI=1S/C18H23Cl2N3O2/c1-2-23(18(25)15-10-6-7-11(8-10)16(15)21)9-14(24)22-17-12(19)4-3-5-13(17)20/h3-5,10-11,15-16H,2,6-9,21H2,1H3,(H,22,24). The van der Waals surface area contributed by atoms with Crippen molar-refractivity contribution in [3.05, 3.63) is 28.2 Å². The van der Waals surface area contributed by atoms with Crippen LogP contribution in [0.4, 0.5) is 5.69 Å². The molecular formula is C18H23Cl2N3O2. The molecule has 2 bridgehead atoms. The summed E-state index contributed by atoms with van der Waals surface area (Å²) in [6, 6.07) is 4.93. The van der Waals surface area contributed by atoms with Gasteiger partial charge in [-0.05, 0) is 50.2 Å². The summed E-state index contributed by atoms with van der Waals surface area (Å²) in [5.74, 6) is 0.330. The number of likely N-dealkylation sites (N-methyl/N-ethyl adjacent to an activating group) is 1. The number of para-hydroxylation sites is 1. The van der Waals surface area contributed by atoms with Gasteiger partial charge in [-0.2, -0.15) is 0 Å². The van der Waals surface area contributed by atoms with E-state index in [1.54, 1.807) is 23.1 Å². The predicted molar refractivity (Wildman–Crippen MR) is 99.6 cm³/mol. The minimum Gasteiger partial charge on any atom is -0.333 e. The average Bonchev–Trinajstić information content (AvgIpc) is 3.16. The lowest BCUT2D eigenvalue weighted by atomic mass is 9.84. The third kappa shape index (κ3) is 3.64. The maximum atomic E-state index is 12.9. The van der Waals surface area contributed by atoms with E-state index in [-0.39, 0.29) is 30.3 Å². The Hall–Kier alpha value is -1.30. The van der Waals surface area contributed by atoms with Crippen molar-refractivity contribution in [2.45, 2.75) is 32.2 Å². The van der Waals surface area contributed by atoms with Crippen molar-refractivity contribution in [1.29, 1.82) is 0 Å². The monoisotopic (exact) mass is 383 g/mol. The average molecular weight is 384 g/mol. The number of carbonyl (C=O) groups excluding carboxylic acids is 2. The SMILES string of the molecule is CCN(CC(=O)Nc1c(Cl)cccc1Cl)C(=O)C1C2CCC(C2)C1N. The van der Waals surface area contributed by atoms with E-state index in [1.165, 1.54) is 0 Å². The fourth-order valence-electron chi connectivity index (χ4n) is 4.23. The molecule has 0 aliphatic heterocycles. The van der Waals surface area contributed by atoms with Gasteiger partial charge in [0.2, 0.25) is 11.8 Å². The van der Waals surface area contributed by atoms with E-state index in [4.69, 9.17) is 28.9 Å². The van der Waals surface area contributed by atoms with Crippen molar-refractivity contribution in [2.24, 2.45) is 23.5 Å². The molecule has 0 saturated heterocycles. The Morgan fingerprint density at radius 3 is 2.44 bits per heavy atom. The van der Waals surface area contributed by atoms with Gasteiger partial charge in [-0.15, -0.1) is 0 Å². The lowest BCUT2D eigenvalue weighted by molar-refractivity contribution is -0.140. The van der Waals surface area contributed by atoms with E-state index in [1.807, 2.05) is 6.92 Å². The van der Waals surface area contributed by atoms with E-state index in [2.05, 4.69) is 5.32 Å². The molecule has 3 rings (SSSR count). The largest absolute Gasteiger partial charge is 0.333 e. The van der Waals surface area contributed by atoms with Crippen molar-refractivity contribution >= 4 is 40.7 Å². The van der Waals surface area contributed by atoms with Gasteiger partial charge in [0.05, 0.1) is 28.2 Å². The number of nitrogens with one attached hydrogen (secondary N) is 1. The molecule has 1 aromatic rings. The molecule has 136 valence electrons. The summed E-state index contributed by atoms with van der Waals surface area (Å²) in [6.45, 7) is 2.30. The van der Waals surface area contributed by atoms with Crippen LogP contribution in [0.3, 0.4) is 0 Å². The van der Waals surface area contributed by atoms with Gasteiger partial charge in [0.15, 0.2) is 0 Å². The van der Waals surface area contributed by atoms with Crippen LogP contribution in [0.5, 0.6) is 0 Å². The number of rotatable bonds is 5. The Balaban J connectivity index is 1.66. The zero-order valence-electron chi connectivity index (χ0n) is 14.2. The van der Waals surface area contributed by atoms with Gasteiger partial charge in [0.1, 0.15) is 0 Å². The van der Waals surface area contributed by atoms with Gasteiger partial charge in [-0.1, -0.05) is 29.3 Å². The second-order valence-corrected chi connectivity index (χ2v) is 7.75. The Morgan fingerprint density at radius 2 is 1.88 bits per heavy atom. The number of halogens is 2. The van der Waals surface area contributed by atoms with Gasteiger partial charge < -0.3 is 16.0 Å². The van der Waals surface area contributed by atoms with Crippen LogP contribution in [-0.4, -0.2) is 35.8 Å². The maximum Gasteiger partial charge on any atom is 0.244 e. The third-order valence-electron chi connectivity index (χ3n) is 5.52. The first kappa shape index (κ1) is 18.5. The molecule has 4 unspecified atom stereocenters. The molecule has 25 heavy (non-hydrogen) atoms. The van der Waals surface area contributed by atoms with Crippen molar-refractivity contribution in [3.63, 3.8) is 0 Å². The van der Waals surface area contributed by atoms with Crippen LogP contribution in [0, 0.1) is 17.8 Å². The van der Waals surface area contributed by atoms with Crippen molar-refractivity contribution in [1.82, 2.24) is 4.90 Å². The smallest absolute Gasteiger partial charge is 0.244 e. The minimum absolute atomic E-state index is 0.0115. The zero-order valence-corrected chi connectivity index (χ0v) is 15.7. The summed E-state index contributed by atoms with van der Waals surface area (Å²) < 4.78 is 0. The first-order valence-corrected chi connectivity index (χ1v) is 9.46. The van der Waals surface area contributed by atoms with Crippen LogP contribution in [-0.2, 0) is 9.59 Å². The number of benzene rings is 1. The summed E-state index contributed by atoms with van der Waals surface area (Å²) in [7, 11) is 0. The third-order valence-corrected chi connectivity index (χ3v) is 6.15. The summed E-state index contributed by atoms with van der Waals surface area (Å²) in [4.78, 5) is 26.9. The van der Waals surface area contributed by atoms with Gasteiger partial charge >= 0.3 is 0 Å². The first-order valence-electron chi connectivity index (χ1n) is 8.70. The summed E-state index contributed by atoms with van der Waals surface area (Å²) in [6.07, 6.45) is 3.22. The molecule has 1 aromatic carbocycles. The topological polar surface area (TPSA) is 75.4 Å². The summed E-state index contributed by atoms with van der Waals surface area (Å²) in [5, 5.41) is 3.44. The molecule has 5 nitrogen and oxygen atoms in total. The Labute approximate surface area is 157 Å². The zero-order chi connectivity index (χ0) is 18.1. The molecule has 0 spiro atoms. The molecule has 7 heteroatoms. The van der Waals surface area contributed by atoms with Crippen molar-refractivity contribution in [2.75, 3.05) is 18.4 Å². The molecule has 0 radical (unpaired) electrons. The van der Waals surface area contributed by atoms with E-state index >= 15 is 0 Å². The normalized spacial score (nSPS) is 27.4. The fourth-order valence-corrected chi connectivity index (χ4v) is 4.72. The summed E-state index contributed by atoms with van der Waals surface area (Å²) in [5.41, 5.74) is 6.64. The van der Waals surface area contributed by atoms with E-state index in [0.29, 0.717) is 34.1 Å². The van der Waals surface area contributed by atoms with E-state index in [9.17, 15) is 9.59 Å². The van der Waals surface area contributed by atoms with Gasteiger partial charge in [0.25, 0.3) is 0 Å². The molecule has 0 aromatic heterocycles. The molecule has 3 N–H and O–H groups in total.